The Balaban J connectivity index is 1.92. The van der Waals surface area contributed by atoms with E-state index in [9.17, 15) is 4.79 Å². The van der Waals surface area contributed by atoms with Crippen molar-refractivity contribution in [2.45, 2.75) is 71.0 Å². The van der Waals surface area contributed by atoms with Crippen molar-refractivity contribution in [3.8, 4) is 0 Å². The first kappa shape index (κ1) is 15.6. The molecule has 0 amide bonds. The third-order valence-corrected chi connectivity index (χ3v) is 4.88. The van der Waals surface area contributed by atoms with E-state index in [4.69, 9.17) is 14.4 Å². The van der Waals surface area contributed by atoms with Crippen LogP contribution < -0.4 is 0 Å². The first-order chi connectivity index (χ1) is 9.21. The molecule has 1 heterocycles. The average Bonchev–Trinajstić information content (AvgIpc) is 2.56. The molecular formula is C15H25BO4. The fraction of sp³-hybridized carbons (Fsp3) is 0.800. The van der Waals surface area contributed by atoms with E-state index in [1.54, 1.807) is 0 Å². The van der Waals surface area contributed by atoms with Crippen LogP contribution >= 0.6 is 0 Å². The second-order valence-corrected chi connectivity index (χ2v) is 6.94. The van der Waals surface area contributed by atoms with Gasteiger partial charge in [0.05, 0.1) is 11.2 Å². The maximum atomic E-state index is 10.6. The van der Waals surface area contributed by atoms with Crippen LogP contribution in [0.5, 0.6) is 0 Å². The van der Waals surface area contributed by atoms with E-state index in [1.807, 2.05) is 0 Å². The van der Waals surface area contributed by atoms with Gasteiger partial charge in [0.1, 0.15) is 0 Å². The monoisotopic (exact) mass is 280 g/mol. The highest BCUT2D eigenvalue weighted by Crippen LogP contribution is 2.40. The first-order valence-corrected chi connectivity index (χ1v) is 7.47. The van der Waals surface area contributed by atoms with Crippen molar-refractivity contribution in [2.24, 2.45) is 5.92 Å². The molecule has 0 spiro atoms. The zero-order chi connectivity index (χ0) is 15.0. The molecule has 2 aliphatic rings. The Hall–Kier alpha value is -0.805. The molecule has 5 heteroatoms. The van der Waals surface area contributed by atoms with Crippen LogP contribution in [0.2, 0.25) is 0 Å². The summed E-state index contributed by atoms with van der Waals surface area (Å²) < 4.78 is 12.1. The third kappa shape index (κ3) is 3.26. The molecule has 0 saturated carbocycles. The number of allylic oxidation sites excluding steroid dienone is 2. The molecule has 1 aliphatic heterocycles. The summed E-state index contributed by atoms with van der Waals surface area (Å²) in [6.45, 7) is 8.25. The van der Waals surface area contributed by atoms with Crippen LogP contribution in [0.15, 0.2) is 11.5 Å². The predicted molar refractivity (Wildman–Crippen MR) is 78.4 cm³/mol. The SMILES string of the molecule is CC1(C)OB(C2=CCC(CCC(=O)O)CC2)OC1(C)C. The first-order valence-electron chi connectivity index (χ1n) is 7.47. The number of hydrogen-bond donors (Lipinski definition) is 1. The van der Waals surface area contributed by atoms with Gasteiger partial charge in [-0.3, -0.25) is 4.79 Å². The van der Waals surface area contributed by atoms with Gasteiger partial charge in [0, 0.05) is 6.42 Å². The van der Waals surface area contributed by atoms with Gasteiger partial charge < -0.3 is 14.4 Å². The third-order valence-electron chi connectivity index (χ3n) is 4.88. The minimum Gasteiger partial charge on any atom is -0.481 e. The van der Waals surface area contributed by atoms with Crippen molar-refractivity contribution in [1.82, 2.24) is 0 Å². The second kappa shape index (κ2) is 5.53. The number of carboxylic acid groups (broad SMARTS) is 1. The van der Waals surface area contributed by atoms with Crippen LogP contribution in [0.4, 0.5) is 0 Å². The second-order valence-electron chi connectivity index (χ2n) is 6.94. The molecule has 2 rings (SSSR count). The van der Waals surface area contributed by atoms with Crippen molar-refractivity contribution in [3.05, 3.63) is 11.5 Å². The molecule has 1 unspecified atom stereocenters. The maximum absolute atomic E-state index is 10.6. The summed E-state index contributed by atoms with van der Waals surface area (Å²) in [6, 6.07) is 0. The topological polar surface area (TPSA) is 55.8 Å². The molecule has 1 fully saturated rings. The Bertz CT molecular complexity index is 398. The van der Waals surface area contributed by atoms with Gasteiger partial charge in [-0.15, -0.1) is 0 Å². The minimum atomic E-state index is -0.703. The van der Waals surface area contributed by atoms with Gasteiger partial charge in [-0.05, 0) is 64.8 Å². The fourth-order valence-electron chi connectivity index (χ4n) is 2.71. The number of carbonyl (C=O) groups is 1. The number of hydrogen-bond acceptors (Lipinski definition) is 3. The molecule has 1 N–H and O–H groups in total. The Kier molecular flexibility index (Phi) is 4.31. The summed E-state index contributed by atoms with van der Waals surface area (Å²) in [7, 11) is -0.236. The van der Waals surface area contributed by atoms with Crippen LogP contribution in [-0.4, -0.2) is 29.4 Å². The van der Waals surface area contributed by atoms with E-state index in [0.29, 0.717) is 5.92 Å². The molecule has 1 atom stereocenters. The molecule has 0 aromatic carbocycles. The van der Waals surface area contributed by atoms with E-state index in [2.05, 4.69) is 33.8 Å². The van der Waals surface area contributed by atoms with Crippen molar-refractivity contribution in [1.29, 1.82) is 0 Å². The summed E-state index contributed by atoms with van der Waals surface area (Å²) in [5, 5.41) is 8.73. The number of aliphatic carboxylic acids is 1. The molecule has 4 nitrogen and oxygen atoms in total. The van der Waals surface area contributed by atoms with Crippen molar-refractivity contribution in [2.75, 3.05) is 0 Å². The highest BCUT2D eigenvalue weighted by atomic mass is 16.7. The van der Waals surface area contributed by atoms with Crippen molar-refractivity contribution in [3.63, 3.8) is 0 Å². The Morgan fingerprint density at radius 2 is 1.95 bits per heavy atom. The summed E-state index contributed by atoms with van der Waals surface area (Å²) in [6.07, 6.45) is 6.14. The van der Waals surface area contributed by atoms with Crippen molar-refractivity contribution < 1.29 is 19.2 Å². The van der Waals surface area contributed by atoms with Gasteiger partial charge in [-0.2, -0.15) is 0 Å². The van der Waals surface area contributed by atoms with Gasteiger partial charge in [-0.1, -0.05) is 6.08 Å². The minimum absolute atomic E-state index is 0.236. The Labute approximate surface area is 121 Å². The normalized spacial score (nSPS) is 28.3. The molecule has 112 valence electrons. The highest BCUT2D eigenvalue weighted by molar-refractivity contribution is 6.54. The van der Waals surface area contributed by atoms with E-state index >= 15 is 0 Å². The molecule has 1 saturated heterocycles. The zero-order valence-electron chi connectivity index (χ0n) is 12.9. The lowest BCUT2D eigenvalue weighted by atomic mass is 9.70. The van der Waals surface area contributed by atoms with Crippen LogP contribution in [0.3, 0.4) is 0 Å². The Morgan fingerprint density at radius 1 is 1.35 bits per heavy atom. The highest BCUT2D eigenvalue weighted by Gasteiger charge is 2.52. The lowest BCUT2D eigenvalue weighted by molar-refractivity contribution is -0.137. The van der Waals surface area contributed by atoms with Crippen LogP contribution in [0.25, 0.3) is 0 Å². The van der Waals surface area contributed by atoms with Crippen LogP contribution in [0, 0.1) is 5.92 Å². The predicted octanol–water partition coefficient (Wildman–Crippen LogP) is 3.21. The smallest absolute Gasteiger partial charge is 0.481 e. The molecule has 20 heavy (non-hydrogen) atoms. The summed E-state index contributed by atoms with van der Waals surface area (Å²) in [5.41, 5.74) is 0.632. The molecule has 0 bridgehead atoms. The molecule has 0 radical (unpaired) electrons. The van der Waals surface area contributed by atoms with Gasteiger partial charge >= 0.3 is 13.1 Å². The van der Waals surface area contributed by atoms with Crippen molar-refractivity contribution >= 4 is 13.1 Å². The summed E-state index contributed by atoms with van der Waals surface area (Å²) >= 11 is 0. The Morgan fingerprint density at radius 3 is 2.40 bits per heavy atom. The van der Waals surface area contributed by atoms with Crippen LogP contribution in [-0.2, 0) is 14.1 Å². The maximum Gasteiger partial charge on any atom is 0.490 e. The van der Waals surface area contributed by atoms with E-state index in [1.165, 1.54) is 5.47 Å². The lowest BCUT2D eigenvalue weighted by Gasteiger charge is -2.32. The largest absolute Gasteiger partial charge is 0.490 e. The van der Waals surface area contributed by atoms with Gasteiger partial charge in [-0.25, -0.2) is 0 Å². The summed E-state index contributed by atoms with van der Waals surface area (Å²) in [5.74, 6) is -0.219. The van der Waals surface area contributed by atoms with E-state index < -0.39 is 5.97 Å². The molecule has 0 aromatic heterocycles. The summed E-state index contributed by atoms with van der Waals surface area (Å²) in [4.78, 5) is 10.6. The lowest BCUT2D eigenvalue weighted by Crippen LogP contribution is -2.41. The van der Waals surface area contributed by atoms with Crippen LogP contribution in [0.1, 0.15) is 59.8 Å². The van der Waals surface area contributed by atoms with Gasteiger partial charge in [0.25, 0.3) is 0 Å². The zero-order valence-corrected chi connectivity index (χ0v) is 12.9. The van der Waals surface area contributed by atoms with Gasteiger partial charge in [0.2, 0.25) is 0 Å². The number of carboxylic acids is 1. The van der Waals surface area contributed by atoms with E-state index in [-0.39, 0.29) is 24.7 Å². The number of rotatable bonds is 4. The fourth-order valence-corrected chi connectivity index (χ4v) is 2.71. The standard InChI is InChI=1S/C15H25BO4/c1-14(2)15(3,4)20-16(19-14)12-8-5-11(6-9-12)7-10-13(17)18/h8,11H,5-7,9-10H2,1-4H3,(H,17,18). The molecular weight excluding hydrogens is 255 g/mol. The average molecular weight is 280 g/mol. The molecule has 0 aromatic rings. The quantitative estimate of drug-likeness (QED) is 0.803. The van der Waals surface area contributed by atoms with E-state index in [0.717, 1.165) is 25.7 Å². The van der Waals surface area contributed by atoms with Gasteiger partial charge in [0.15, 0.2) is 0 Å². The molecule has 1 aliphatic carbocycles.